The summed E-state index contributed by atoms with van der Waals surface area (Å²) in [6.07, 6.45) is 2.30. The minimum atomic E-state index is -3.19. The fraction of sp³-hybridized carbons (Fsp3) is 0.583. The molecule has 1 aromatic rings. The number of carbonyl (C=O) groups is 1. The molecule has 3 rings (SSSR count). The standard InChI is InChI=1S/C12H15NO3S2/c14-12(8-18(15,16)10-1-2-10)13-5-3-9-4-6-17-11(9)7-13/h4,6,10H,1-3,5,7-8H2. The predicted octanol–water partition coefficient (Wildman–Crippen LogP) is 1.21. The smallest absolute Gasteiger partial charge is 0.238 e. The lowest BCUT2D eigenvalue weighted by molar-refractivity contribution is -0.129. The topological polar surface area (TPSA) is 54.5 Å². The van der Waals surface area contributed by atoms with Crippen molar-refractivity contribution in [2.45, 2.75) is 31.1 Å². The third-order valence-corrected chi connectivity index (χ3v) is 6.62. The van der Waals surface area contributed by atoms with E-state index in [0.717, 1.165) is 19.3 Å². The molecule has 1 aromatic heterocycles. The van der Waals surface area contributed by atoms with Crippen molar-refractivity contribution in [2.24, 2.45) is 0 Å². The van der Waals surface area contributed by atoms with E-state index < -0.39 is 9.84 Å². The Hall–Kier alpha value is -0.880. The van der Waals surface area contributed by atoms with Crippen LogP contribution < -0.4 is 0 Å². The lowest BCUT2D eigenvalue weighted by atomic mass is 10.1. The summed E-state index contributed by atoms with van der Waals surface area (Å²) in [5, 5.41) is 1.78. The van der Waals surface area contributed by atoms with E-state index in [-0.39, 0.29) is 16.9 Å². The molecule has 0 bridgehead atoms. The molecule has 1 aliphatic carbocycles. The van der Waals surface area contributed by atoms with E-state index in [2.05, 4.69) is 6.07 Å². The summed E-state index contributed by atoms with van der Waals surface area (Å²) in [4.78, 5) is 14.9. The zero-order chi connectivity index (χ0) is 12.8. The van der Waals surface area contributed by atoms with Crippen molar-refractivity contribution in [3.05, 3.63) is 21.9 Å². The Morgan fingerprint density at radius 1 is 1.44 bits per heavy atom. The van der Waals surface area contributed by atoms with Gasteiger partial charge in [-0.25, -0.2) is 8.42 Å². The highest BCUT2D eigenvalue weighted by Gasteiger charge is 2.38. The van der Waals surface area contributed by atoms with Crippen molar-refractivity contribution in [2.75, 3.05) is 12.3 Å². The van der Waals surface area contributed by atoms with Gasteiger partial charge in [0.05, 0.1) is 11.8 Å². The SMILES string of the molecule is O=C(CS(=O)(=O)C1CC1)N1CCc2ccsc2C1. The van der Waals surface area contributed by atoms with Gasteiger partial charge >= 0.3 is 0 Å². The van der Waals surface area contributed by atoms with Gasteiger partial charge in [0.2, 0.25) is 5.91 Å². The lowest BCUT2D eigenvalue weighted by Crippen LogP contribution is -2.39. The zero-order valence-electron chi connectivity index (χ0n) is 9.96. The van der Waals surface area contributed by atoms with Gasteiger partial charge in [0.15, 0.2) is 9.84 Å². The highest BCUT2D eigenvalue weighted by molar-refractivity contribution is 7.93. The van der Waals surface area contributed by atoms with Crippen molar-refractivity contribution in [1.82, 2.24) is 4.90 Å². The van der Waals surface area contributed by atoms with Gasteiger partial charge in [-0.3, -0.25) is 4.79 Å². The van der Waals surface area contributed by atoms with Crippen LogP contribution in [0.4, 0.5) is 0 Å². The van der Waals surface area contributed by atoms with Crippen LogP contribution in [-0.2, 0) is 27.6 Å². The Morgan fingerprint density at radius 3 is 2.94 bits per heavy atom. The minimum absolute atomic E-state index is 0.235. The van der Waals surface area contributed by atoms with Crippen LogP contribution in [0, 0.1) is 0 Å². The minimum Gasteiger partial charge on any atom is -0.336 e. The summed E-state index contributed by atoms with van der Waals surface area (Å²) < 4.78 is 23.6. The van der Waals surface area contributed by atoms with Crippen molar-refractivity contribution in [1.29, 1.82) is 0 Å². The fourth-order valence-corrected chi connectivity index (χ4v) is 4.82. The second-order valence-electron chi connectivity index (χ2n) is 4.94. The molecule has 98 valence electrons. The average Bonchev–Trinajstić information content (AvgIpc) is 3.08. The maximum Gasteiger partial charge on any atom is 0.238 e. The molecule has 0 N–H and O–H groups in total. The van der Waals surface area contributed by atoms with Gasteiger partial charge in [-0.2, -0.15) is 0 Å². The van der Waals surface area contributed by atoms with Crippen LogP contribution in [0.15, 0.2) is 11.4 Å². The average molecular weight is 285 g/mol. The van der Waals surface area contributed by atoms with Crippen molar-refractivity contribution < 1.29 is 13.2 Å². The first kappa shape index (κ1) is 12.2. The summed E-state index contributed by atoms with van der Waals surface area (Å²) in [6.45, 7) is 1.22. The molecule has 1 fully saturated rings. The lowest BCUT2D eigenvalue weighted by Gasteiger charge is -2.26. The number of nitrogens with zero attached hydrogens (tertiary/aromatic N) is 1. The van der Waals surface area contributed by atoms with Gasteiger partial charge in [-0.05, 0) is 36.3 Å². The quantitative estimate of drug-likeness (QED) is 0.839. The summed E-state index contributed by atoms with van der Waals surface area (Å²) >= 11 is 1.64. The Morgan fingerprint density at radius 2 is 2.22 bits per heavy atom. The van der Waals surface area contributed by atoms with Crippen LogP contribution in [0.25, 0.3) is 0 Å². The van der Waals surface area contributed by atoms with E-state index in [9.17, 15) is 13.2 Å². The van der Waals surface area contributed by atoms with E-state index in [1.54, 1.807) is 16.2 Å². The molecule has 0 aromatic carbocycles. The molecule has 18 heavy (non-hydrogen) atoms. The first-order chi connectivity index (χ1) is 8.56. The Bertz CT molecular complexity index is 572. The second-order valence-corrected chi connectivity index (χ2v) is 8.22. The predicted molar refractivity (Wildman–Crippen MR) is 70.2 cm³/mol. The monoisotopic (exact) mass is 285 g/mol. The van der Waals surface area contributed by atoms with Gasteiger partial charge in [-0.1, -0.05) is 0 Å². The summed E-state index contributed by atoms with van der Waals surface area (Å²) in [5.74, 6) is -0.542. The second kappa shape index (κ2) is 4.35. The molecule has 0 atom stereocenters. The highest BCUT2D eigenvalue weighted by atomic mass is 32.2. The number of rotatable bonds is 3. The number of hydrogen-bond acceptors (Lipinski definition) is 4. The molecule has 1 amide bonds. The van der Waals surface area contributed by atoms with Crippen molar-refractivity contribution in [3.63, 3.8) is 0 Å². The number of sulfone groups is 1. The molecule has 0 spiro atoms. The molecule has 1 aliphatic heterocycles. The molecule has 0 unspecified atom stereocenters. The number of carbonyl (C=O) groups excluding carboxylic acids is 1. The molecular formula is C12H15NO3S2. The van der Waals surface area contributed by atoms with Crippen LogP contribution >= 0.6 is 11.3 Å². The molecular weight excluding hydrogens is 270 g/mol. The third kappa shape index (κ3) is 2.31. The van der Waals surface area contributed by atoms with Gasteiger partial charge in [0.25, 0.3) is 0 Å². The number of fused-ring (bicyclic) bond motifs is 1. The largest absolute Gasteiger partial charge is 0.336 e. The maximum atomic E-state index is 12.0. The van der Waals surface area contributed by atoms with E-state index in [0.29, 0.717) is 13.1 Å². The van der Waals surface area contributed by atoms with Crippen LogP contribution in [0.1, 0.15) is 23.3 Å². The van der Waals surface area contributed by atoms with E-state index in [1.807, 2.05) is 5.38 Å². The van der Waals surface area contributed by atoms with Gasteiger partial charge < -0.3 is 4.90 Å². The van der Waals surface area contributed by atoms with Crippen LogP contribution in [-0.4, -0.2) is 36.8 Å². The van der Waals surface area contributed by atoms with Crippen LogP contribution in [0.3, 0.4) is 0 Å². The third-order valence-electron chi connectivity index (χ3n) is 3.53. The van der Waals surface area contributed by atoms with Gasteiger partial charge in [0.1, 0.15) is 5.75 Å². The number of thiophene rings is 1. The van der Waals surface area contributed by atoms with Crippen molar-refractivity contribution >= 4 is 27.1 Å². The Balaban J connectivity index is 1.67. The Labute approximate surface area is 111 Å². The molecule has 4 nitrogen and oxygen atoms in total. The normalized spacial score (nSPS) is 19.7. The molecule has 1 saturated carbocycles. The Kier molecular flexibility index (Phi) is 2.94. The maximum absolute atomic E-state index is 12.0. The summed E-state index contributed by atoms with van der Waals surface area (Å²) in [7, 11) is -3.19. The first-order valence-electron chi connectivity index (χ1n) is 6.11. The van der Waals surface area contributed by atoms with E-state index in [1.165, 1.54) is 10.4 Å². The van der Waals surface area contributed by atoms with Crippen molar-refractivity contribution in [3.8, 4) is 0 Å². The van der Waals surface area contributed by atoms with Gasteiger partial charge in [-0.15, -0.1) is 11.3 Å². The highest BCUT2D eigenvalue weighted by Crippen LogP contribution is 2.30. The molecule has 0 radical (unpaired) electrons. The fourth-order valence-electron chi connectivity index (χ4n) is 2.26. The molecule has 2 heterocycles. The van der Waals surface area contributed by atoms with Gasteiger partial charge in [0, 0.05) is 11.4 Å². The van der Waals surface area contributed by atoms with E-state index in [4.69, 9.17) is 0 Å². The zero-order valence-corrected chi connectivity index (χ0v) is 11.6. The van der Waals surface area contributed by atoms with Crippen LogP contribution in [0.2, 0.25) is 0 Å². The van der Waals surface area contributed by atoms with E-state index >= 15 is 0 Å². The summed E-state index contributed by atoms with van der Waals surface area (Å²) in [6, 6.07) is 2.09. The summed E-state index contributed by atoms with van der Waals surface area (Å²) in [5.41, 5.74) is 1.30. The number of hydrogen-bond donors (Lipinski definition) is 0. The number of amides is 1. The molecule has 2 aliphatic rings. The molecule has 6 heteroatoms. The van der Waals surface area contributed by atoms with Crippen LogP contribution in [0.5, 0.6) is 0 Å². The first-order valence-corrected chi connectivity index (χ1v) is 8.70. The molecule has 0 saturated heterocycles.